The summed E-state index contributed by atoms with van der Waals surface area (Å²) in [5.41, 5.74) is 0. The maximum Gasteiger partial charge on any atom is 0.241 e. The molecule has 2 aromatic heterocycles. The van der Waals surface area contributed by atoms with E-state index < -0.39 is 0 Å². The summed E-state index contributed by atoms with van der Waals surface area (Å²) < 4.78 is 5.87. The van der Waals surface area contributed by atoms with E-state index in [0.717, 1.165) is 50.1 Å². The minimum absolute atomic E-state index is 0.0181. The maximum atomic E-state index is 12.4. The van der Waals surface area contributed by atoms with E-state index >= 15 is 0 Å². The molecule has 4 rings (SSSR count). The molecule has 0 aliphatic carbocycles. The van der Waals surface area contributed by atoms with Crippen LogP contribution in [0.1, 0.15) is 5.76 Å². The van der Waals surface area contributed by atoms with E-state index in [2.05, 4.69) is 25.0 Å². The monoisotopic (exact) mass is 348 g/mol. The molecule has 2 aliphatic heterocycles. The molecule has 1 amide bonds. The number of piperazine rings is 2. The fraction of sp³-hybridized carbons (Fsp3) is 0.533. The average molecular weight is 348 g/mol. The molecule has 0 radical (unpaired) electrons. The molecule has 0 aromatic carbocycles. The molecule has 1 unspecified atom stereocenters. The molecule has 1 N–H and O–H groups in total. The summed E-state index contributed by atoms with van der Waals surface area (Å²) in [6, 6.07) is 3.91. The number of nitrogens with zero attached hydrogens (tertiary/aromatic N) is 5. The van der Waals surface area contributed by atoms with Crippen LogP contribution in [0.2, 0.25) is 0 Å². The first kappa shape index (κ1) is 15.7. The SMILES string of the molecule is CN1CCN2CCN(Cc3ccc(Sc4ncn[nH]4)o3)CC2C1=O. The van der Waals surface area contributed by atoms with Crippen molar-refractivity contribution in [1.82, 2.24) is 29.9 Å². The van der Waals surface area contributed by atoms with Gasteiger partial charge in [0.2, 0.25) is 5.91 Å². The molecule has 4 heterocycles. The molecule has 0 saturated carbocycles. The molecular formula is C15H20N6O2S. The molecule has 2 aliphatic rings. The Balaban J connectivity index is 1.37. The van der Waals surface area contributed by atoms with Crippen molar-refractivity contribution in [3.8, 4) is 0 Å². The highest BCUT2D eigenvalue weighted by Crippen LogP contribution is 2.27. The Labute approximate surface area is 144 Å². The lowest BCUT2D eigenvalue weighted by Crippen LogP contribution is -2.63. The zero-order valence-corrected chi connectivity index (χ0v) is 14.3. The van der Waals surface area contributed by atoms with Crippen LogP contribution in [0.25, 0.3) is 0 Å². The first-order valence-electron chi connectivity index (χ1n) is 8.02. The maximum absolute atomic E-state index is 12.4. The number of fused-ring (bicyclic) bond motifs is 1. The molecule has 0 bridgehead atoms. The van der Waals surface area contributed by atoms with Crippen LogP contribution in [0.15, 0.2) is 33.1 Å². The summed E-state index contributed by atoms with van der Waals surface area (Å²) >= 11 is 1.41. The number of carbonyl (C=O) groups is 1. The second-order valence-corrected chi connectivity index (χ2v) is 7.15. The Morgan fingerprint density at radius 2 is 2.21 bits per heavy atom. The standard InChI is InChI=1S/C15H20N6O2S/c1-19-4-6-21-7-5-20(9-12(21)14(19)22)8-11-2-3-13(23-11)24-15-16-10-17-18-15/h2-3,10,12H,4-9H2,1H3,(H,16,17,18). The lowest BCUT2D eigenvalue weighted by molar-refractivity contribution is -0.143. The number of hydrogen-bond donors (Lipinski definition) is 1. The third-order valence-corrected chi connectivity index (χ3v) is 5.38. The second kappa shape index (κ2) is 6.58. The zero-order chi connectivity index (χ0) is 16.5. The number of rotatable bonds is 4. The topological polar surface area (TPSA) is 81.5 Å². The van der Waals surface area contributed by atoms with E-state index in [1.807, 2.05) is 24.1 Å². The van der Waals surface area contributed by atoms with Crippen molar-refractivity contribution >= 4 is 17.7 Å². The van der Waals surface area contributed by atoms with Gasteiger partial charge in [0, 0.05) is 39.8 Å². The molecule has 0 spiro atoms. The van der Waals surface area contributed by atoms with Gasteiger partial charge in [0.05, 0.1) is 6.54 Å². The lowest BCUT2D eigenvalue weighted by Gasteiger charge is -2.45. The summed E-state index contributed by atoms with van der Waals surface area (Å²) in [6.45, 7) is 5.17. The van der Waals surface area contributed by atoms with Gasteiger partial charge in [-0.2, -0.15) is 5.10 Å². The quantitative estimate of drug-likeness (QED) is 0.862. The lowest BCUT2D eigenvalue weighted by atomic mass is 10.1. The Hall–Kier alpha value is -1.84. The highest BCUT2D eigenvalue weighted by molar-refractivity contribution is 7.99. The van der Waals surface area contributed by atoms with Crippen molar-refractivity contribution in [1.29, 1.82) is 0 Å². The Kier molecular flexibility index (Phi) is 4.30. The van der Waals surface area contributed by atoms with Crippen molar-refractivity contribution in [3.05, 3.63) is 24.2 Å². The third kappa shape index (κ3) is 3.19. The average Bonchev–Trinajstić information content (AvgIpc) is 3.24. The number of hydrogen-bond acceptors (Lipinski definition) is 7. The Morgan fingerprint density at radius 3 is 3.04 bits per heavy atom. The molecule has 9 heteroatoms. The number of likely N-dealkylation sites (N-methyl/N-ethyl adjacent to an activating group) is 1. The van der Waals surface area contributed by atoms with Gasteiger partial charge in [-0.15, -0.1) is 0 Å². The van der Waals surface area contributed by atoms with Crippen LogP contribution in [0.5, 0.6) is 0 Å². The summed E-state index contributed by atoms with van der Waals surface area (Å²) in [5, 5.41) is 8.12. The predicted octanol–water partition coefficient (Wildman–Crippen LogP) is 0.507. The normalized spacial score (nSPS) is 22.8. The van der Waals surface area contributed by atoms with E-state index in [1.54, 1.807) is 0 Å². The van der Waals surface area contributed by atoms with Crippen molar-refractivity contribution in [2.75, 3.05) is 39.8 Å². The highest BCUT2D eigenvalue weighted by Gasteiger charge is 2.37. The van der Waals surface area contributed by atoms with Crippen LogP contribution < -0.4 is 0 Å². The molecule has 1 atom stereocenters. The molecule has 24 heavy (non-hydrogen) atoms. The van der Waals surface area contributed by atoms with Gasteiger partial charge in [-0.3, -0.25) is 19.7 Å². The summed E-state index contributed by atoms with van der Waals surface area (Å²) in [5.74, 6) is 1.13. The Morgan fingerprint density at radius 1 is 1.33 bits per heavy atom. The zero-order valence-electron chi connectivity index (χ0n) is 13.5. The fourth-order valence-electron chi connectivity index (χ4n) is 3.22. The number of aromatic nitrogens is 3. The van der Waals surface area contributed by atoms with E-state index in [4.69, 9.17) is 4.42 Å². The van der Waals surface area contributed by atoms with Gasteiger partial charge in [-0.05, 0) is 23.9 Å². The van der Waals surface area contributed by atoms with Gasteiger partial charge in [-0.25, -0.2) is 4.98 Å². The van der Waals surface area contributed by atoms with E-state index in [9.17, 15) is 4.79 Å². The van der Waals surface area contributed by atoms with E-state index in [1.165, 1.54) is 18.1 Å². The van der Waals surface area contributed by atoms with Gasteiger partial charge in [0.1, 0.15) is 18.1 Å². The van der Waals surface area contributed by atoms with Gasteiger partial charge in [0.25, 0.3) is 0 Å². The summed E-state index contributed by atoms with van der Waals surface area (Å²) in [7, 11) is 1.89. The largest absolute Gasteiger partial charge is 0.453 e. The molecule has 128 valence electrons. The number of carbonyl (C=O) groups excluding carboxylic acids is 1. The second-order valence-electron chi connectivity index (χ2n) is 6.16. The van der Waals surface area contributed by atoms with Gasteiger partial charge in [0.15, 0.2) is 10.2 Å². The van der Waals surface area contributed by atoms with Gasteiger partial charge < -0.3 is 9.32 Å². The van der Waals surface area contributed by atoms with Crippen LogP contribution in [0.3, 0.4) is 0 Å². The van der Waals surface area contributed by atoms with Crippen LogP contribution in [-0.4, -0.2) is 81.6 Å². The van der Waals surface area contributed by atoms with Gasteiger partial charge in [-0.1, -0.05) is 0 Å². The Bertz CT molecular complexity index is 703. The molecular weight excluding hydrogens is 328 g/mol. The number of aromatic amines is 1. The van der Waals surface area contributed by atoms with Crippen LogP contribution in [-0.2, 0) is 11.3 Å². The van der Waals surface area contributed by atoms with E-state index in [0.29, 0.717) is 5.16 Å². The third-order valence-electron chi connectivity index (χ3n) is 4.57. The summed E-state index contributed by atoms with van der Waals surface area (Å²) in [4.78, 5) is 22.9. The number of nitrogens with one attached hydrogen (secondary N) is 1. The van der Waals surface area contributed by atoms with Crippen LogP contribution >= 0.6 is 11.8 Å². The number of H-pyrrole nitrogens is 1. The van der Waals surface area contributed by atoms with Crippen molar-refractivity contribution < 1.29 is 9.21 Å². The molecule has 2 aromatic rings. The first-order chi connectivity index (χ1) is 11.7. The molecule has 8 nitrogen and oxygen atoms in total. The first-order valence-corrected chi connectivity index (χ1v) is 8.84. The summed E-state index contributed by atoms with van der Waals surface area (Å²) in [6.07, 6.45) is 1.48. The molecule has 2 saturated heterocycles. The smallest absolute Gasteiger partial charge is 0.241 e. The minimum Gasteiger partial charge on any atom is -0.453 e. The number of furan rings is 1. The highest BCUT2D eigenvalue weighted by atomic mass is 32.2. The minimum atomic E-state index is -0.0181. The van der Waals surface area contributed by atoms with Gasteiger partial charge >= 0.3 is 0 Å². The van der Waals surface area contributed by atoms with Crippen molar-refractivity contribution in [3.63, 3.8) is 0 Å². The van der Waals surface area contributed by atoms with Crippen molar-refractivity contribution in [2.24, 2.45) is 0 Å². The molecule has 2 fully saturated rings. The van der Waals surface area contributed by atoms with E-state index in [-0.39, 0.29) is 11.9 Å². The fourth-order valence-corrected chi connectivity index (χ4v) is 3.90. The van der Waals surface area contributed by atoms with Crippen LogP contribution in [0.4, 0.5) is 0 Å². The van der Waals surface area contributed by atoms with Crippen molar-refractivity contribution in [2.45, 2.75) is 22.8 Å². The van der Waals surface area contributed by atoms with Crippen LogP contribution in [0, 0.1) is 0 Å². The number of amides is 1. The predicted molar refractivity (Wildman–Crippen MR) is 87.5 cm³/mol.